The van der Waals surface area contributed by atoms with Gasteiger partial charge < -0.3 is 28.5 Å². The molecule has 3 unspecified atom stereocenters. The highest BCUT2D eigenvalue weighted by molar-refractivity contribution is 7.45. The topological polar surface area (TPSA) is 114 Å². The number of unbranched alkanes of at least 4 members (excludes halogenated alkanes) is 25. The minimum atomic E-state index is -4.72. The van der Waals surface area contributed by atoms with Gasteiger partial charge in [0.1, 0.15) is 19.3 Å². The summed E-state index contributed by atoms with van der Waals surface area (Å²) in [6, 6.07) is -0.912. The third-order valence-electron chi connectivity index (χ3n) is 13.7. The Morgan fingerprint density at radius 2 is 0.810 bits per heavy atom. The SMILES string of the molecule is CC/C=C\C/C=C\C/C=C\C/C=C\C/C=C\CCCCCCCCCC(=O)OC(/C=C\CCCCCCCCCCCCC)C(COP(=O)([O-])OCC[N+](C)(C)C)NC(=O)CCCCCC/C=C\C/C=C\C/C=C\CCCCC. The van der Waals surface area contributed by atoms with E-state index in [1.165, 1.54) is 103 Å². The third-order valence-corrected chi connectivity index (χ3v) is 14.7. The monoisotopic (exact) mass is 1120 g/mol. The predicted octanol–water partition coefficient (Wildman–Crippen LogP) is 19.5. The number of quaternary nitrogens is 1. The molecule has 1 N–H and O–H groups in total. The summed E-state index contributed by atoms with van der Waals surface area (Å²) in [6.07, 6.45) is 79.1. The second kappa shape index (κ2) is 57.9. The van der Waals surface area contributed by atoms with Gasteiger partial charge in [0.25, 0.3) is 7.82 Å². The average Bonchev–Trinajstić information content (AvgIpc) is 3.41. The van der Waals surface area contributed by atoms with Crippen molar-refractivity contribution in [3.63, 3.8) is 0 Å². The normalized spacial score (nSPS) is 14.4. The van der Waals surface area contributed by atoms with E-state index in [-0.39, 0.29) is 31.3 Å². The molecule has 3 atom stereocenters. The maximum absolute atomic E-state index is 13.5. The van der Waals surface area contributed by atoms with Crippen molar-refractivity contribution in [1.29, 1.82) is 0 Å². The number of carbonyl (C=O) groups is 2. The van der Waals surface area contributed by atoms with Crippen molar-refractivity contribution in [2.24, 2.45) is 0 Å². The van der Waals surface area contributed by atoms with Crippen LogP contribution >= 0.6 is 7.82 Å². The molecule has 0 aromatic heterocycles. The highest BCUT2D eigenvalue weighted by atomic mass is 31.2. The summed E-state index contributed by atoms with van der Waals surface area (Å²) in [7, 11) is 1.15. The summed E-state index contributed by atoms with van der Waals surface area (Å²) in [4.78, 5) is 40.1. The van der Waals surface area contributed by atoms with Crippen LogP contribution in [-0.4, -0.2) is 69.4 Å². The Kier molecular flexibility index (Phi) is 55.4. The van der Waals surface area contributed by atoms with Gasteiger partial charge in [-0.3, -0.25) is 14.2 Å². The number of hydrogen-bond donors (Lipinski definition) is 1. The molecule has 0 aliphatic rings. The van der Waals surface area contributed by atoms with Gasteiger partial charge in [0, 0.05) is 12.8 Å². The zero-order chi connectivity index (χ0) is 57.9. The Balaban J connectivity index is 5.30. The van der Waals surface area contributed by atoms with Gasteiger partial charge in [-0.25, -0.2) is 0 Å². The van der Waals surface area contributed by atoms with Crippen LogP contribution in [0.25, 0.3) is 0 Å². The lowest BCUT2D eigenvalue weighted by molar-refractivity contribution is -0.870. The molecule has 0 heterocycles. The molecule has 0 aromatic carbocycles. The lowest BCUT2D eigenvalue weighted by Gasteiger charge is -2.30. The number of hydrogen-bond acceptors (Lipinski definition) is 7. The Hall–Kier alpha value is -3.33. The van der Waals surface area contributed by atoms with Gasteiger partial charge in [0.2, 0.25) is 5.91 Å². The van der Waals surface area contributed by atoms with E-state index in [0.717, 1.165) is 116 Å². The van der Waals surface area contributed by atoms with Gasteiger partial charge in [-0.1, -0.05) is 246 Å². The van der Waals surface area contributed by atoms with Crippen LogP contribution in [0.4, 0.5) is 0 Å². The molecule has 0 aliphatic heterocycles. The number of phosphoric acid groups is 1. The number of carbonyl (C=O) groups excluding carboxylic acids is 2. The number of allylic oxidation sites excluding steroid dienone is 17. The van der Waals surface area contributed by atoms with Crippen LogP contribution in [0, 0.1) is 0 Å². The Labute approximate surface area is 487 Å². The molecule has 0 aromatic rings. The van der Waals surface area contributed by atoms with E-state index in [4.69, 9.17) is 13.8 Å². The molecule has 0 saturated heterocycles. The van der Waals surface area contributed by atoms with Crippen LogP contribution in [0.15, 0.2) is 109 Å². The first kappa shape index (κ1) is 75.7. The summed E-state index contributed by atoms with van der Waals surface area (Å²) in [6.45, 7) is 6.67. The van der Waals surface area contributed by atoms with E-state index < -0.39 is 26.6 Å². The Bertz CT molecular complexity index is 1720. The van der Waals surface area contributed by atoms with Crippen LogP contribution in [0.3, 0.4) is 0 Å². The molecule has 79 heavy (non-hydrogen) atoms. The van der Waals surface area contributed by atoms with Crippen molar-refractivity contribution in [2.75, 3.05) is 40.9 Å². The van der Waals surface area contributed by atoms with Gasteiger partial charge >= 0.3 is 5.97 Å². The van der Waals surface area contributed by atoms with Crippen LogP contribution in [-0.2, 0) is 27.9 Å². The summed E-state index contributed by atoms with van der Waals surface area (Å²) in [5, 5.41) is 3.02. The van der Waals surface area contributed by atoms with E-state index in [1.807, 2.05) is 33.3 Å². The van der Waals surface area contributed by atoms with Crippen LogP contribution in [0.2, 0.25) is 0 Å². The van der Waals surface area contributed by atoms with Crippen LogP contribution in [0.5, 0.6) is 0 Å². The summed E-state index contributed by atoms with van der Waals surface area (Å²) >= 11 is 0. The van der Waals surface area contributed by atoms with Gasteiger partial charge in [0.05, 0.1) is 33.8 Å². The van der Waals surface area contributed by atoms with E-state index in [0.29, 0.717) is 23.9 Å². The molecule has 10 heteroatoms. The van der Waals surface area contributed by atoms with Crippen molar-refractivity contribution in [1.82, 2.24) is 5.32 Å². The standard InChI is InChI=1S/C69H121N2O7P/c1-7-10-13-16-19-22-25-28-30-32-33-34-35-36-37-39-41-44-47-50-53-56-59-62-69(73)78-67(60-57-54-51-48-45-42-27-24-21-18-15-12-9-3)66(65-77-79(74,75)76-64-63-71(4,5)6)70-68(72)61-58-55-52-49-46-43-40-38-31-29-26-23-20-17-14-11-8-2/h10,13,19-20,22-23,28-31,33-34,36-37,40,43,57,60,66-67H,7-9,11-12,14-18,21,24-27,32,35,38-39,41-42,44-56,58-59,61-65H2,1-6H3,(H-,70,72,74,75)/b13-10-,22-19-,23-20-,30-28-,31-29-,34-33-,37-36-,43-40-,60-57-. The molecule has 1 amide bonds. The number of nitrogens with zero attached hydrogens (tertiary/aromatic N) is 1. The highest BCUT2D eigenvalue weighted by Gasteiger charge is 2.27. The van der Waals surface area contributed by atoms with Crippen molar-refractivity contribution in [3.8, 4) is 0 Å². The number of phosphoric ester groups is 1. The highest BCUT2D eigenvalue weighted by Crippen LogP contribution is 2.38. The number of ether oxygens (including phenoxy) is 1. The van der Waals surface area contributed by atoms with Crippen molar-refractivity contribution < 1.29 is 37.3 Å². The van der Waals surface area contributed by atoms with E-state index in [1.54, 1.807) is 0 Å². The van der Waals surface area contributed by atoms with Gasteiger partial charge in [-0.2, -0.15) is 0 Å². The van der Waals surface area contributed by atoms with Gasteiger partial charge in [-0.05, 0) is 115 Å². The van der Waals surface area contributed by atoms with E-state index in [2.05, 4.69) is 123 Å². The van der Waals surface area contributed by atoms with Crippen LogP contribution in [0.1, 0.15) is 265 Å². The molecule has 0 saturated carbocycles. The second-order valence-electron chi connectivity index (χ2n) is 22.5. The zero-order valence-corrected chi connectivity index (χ0v) is 52.7. The quantitative estimate of drug-likeness (QED) is 0.0212. The fourth-order valence-corrected chi connectivity index (χ4v) is 9.45. The molecule has 0 bridgehead atoms. The molecule has 454 valence electrons. The van der Waals surface area contributed by atoms with Crippen molar-refractivity contribution in [3.05, 3.63) is 109 Å². The minimum absolute atomic E-state index is 0.0341. The number of rotatable bonds is 57. The van der Waals surface area contributed by atoms with Crippen molar-refractivity contribution in [2.45, 2.75) is 277 Å². The number of nitrogens with one attached hydrogen (secondary N) is 1. The smallest absolute Gasteiger partial charge is 0.306 e. The fourth-order valence-electron chi connectivity index (χ4n) is 8.73. The molecular weight excluding hydrogens is 1000 g/mol. The molecule has 0 radical (unpaired) electrons. The lowest BCUT2D eigenvalue weighted by Crippen LogP contribution is -2.47. The zero-order valence-electron chi connectivity index (χ0n) is 51.8. The first-order valence-corrected chi connectivity index (χ1v) is 33.7. The maximum atomic E-state index is 13.5. The molecular formula is C69H121N2O7P. The summed E-state index contributed by atoms with van der Waals surface area (Å²) in [5.74, 6) is -0.582. The predicted molar refractivity (Wildman–Crippen MR) is 339 cm³/mol. The van der Waals surface area contributed by atoms with E-state index >= 15 is 0 Å². The largest absolute Gasteiger partial charge is 0.756 e. The molecule has 0 spiro atoms. The van der Waals surface area contributed by atoms with Gasteiger partial charge in [-0.15, -0.1) is 0 Å². The molecule has 9 nitrogen and oxygen atoms in total. The lowest BCUT2D eigenvalue weighted by atomic mass is 10.0. The minimum Gasteiger partial charge on any atom is -0.756 e. The Morgan fingerprint density at radius 1 is 0.456 bits per heavy atom. The first-order chi connectivity index (χ1) is 38.4. The molecule has 0 aliphatic carbocycles. The third kappa shape index (κ3) is 59.1. The number of esters is 1. The van der Waals surface area contributed by atoms with E-state index in [9.17, 15) is 19.0 Å². The summed E-state index contributed by atoms with van der Waals surface area (Å²) < 4.78 is 30.3. The second-order valence-corrected chi connectivity index (χ2v) is 23.9. The Morgan fingerprint density at radius 3 is 1.24 bits per heavy atom. The molecule has 0 rings (SSSR count). The molecule has 0 fully saturated rings. The first-order valence-electron chi connectivity index (χ1n) is 32.2. The fraction of sp³-hybridized carbons (Fsp3) is 0.710. The number of amides is 1. The van der Waals surface area contributed by atoms with Gasteiger partial charge in [0.15, 0.2) is 0 Å². The number of likely N-dealkylation sites (N-methyl/N-ethyl adjacent to an activating group) is 1. The van der Waals surface area contributed by atoms with Crippen molar-refractivity contribution >= 4 is 19.7 Å². The van der Waals surface area contributed by atoms with Crippen LogP contribution < -0.4 is 10.2 Å². The maximum Gasteiger partial charge on any atom is 0.306 e. The average molecular weight is 1120 g/mol. The summed E-state index contributed by atoms with van der Waals surface area (Å²) in [5.41, 5.74) is 0.